The summed E-state index contributed by atoms with van der Waals surface area (Å²) in [5, 5.41) is 3.99. The fourth-order valence-electron chi connectivity index (χ4n) is 1.35. The lowest BCUT2D eigenvalue weighted by atomic mass is 10.2. The van der Waals surface area contributed by atoms with E-state index >= 15 is 0 Å². The van der Waals surface area contributed by atoms with E-state index in [2.05, 4.69) is 10.3 Å². The van der Waals surface area contributed by atoms with E-state index in [4.69, 9.17) is 11.6 Å². The van der Waals surface area contributed by atoms with Crippen molar-refractivity contribution in [3.8, 4) is 0 Å². The molecule has 0 unspecified atom stereocenters. The van der Waals surface area contributed by atoms with E-state index in [1.165, 1.54) is 0 Å². The average molecular weight is 331 g/mol. The fourth-order valence-corrected chi connectivity index (χ4v) is 1.55. The molecule has 2 aromatic rings. The lowest BCUT2D eigenvalue weighted by molar-refractivity contribution is 0.900. The summed E-state index contributed by atoms with van der Waals surface area (Å²) in [4.78, 5) is 4.17. The molecular weight excluding hydrogens is 316 g/mol. The Balaban J connectivity index is 0. The van der Waals surface area contributed by atoms with Gasteiger partial charge in [-0.25, -0.2) is 4.98 Å². The number of imidazole rings is 1. The van der Waals surface area contributed by atoms with Gasteiger partial charge in [0.2, 0.25) is 5.95 Å². The van der Waals surface area contributed by atoms with Crippen molar-refractivity contribution in [1.82, 2.24) is 9.55 Å². The quantitative estimate of drug-likeness (QED) is 0.923. The molecule has 2 rings (SSSR count). The highest BCUT2D eigenvalue weighted by atomic mass is 35.5. The second-order valence-electron chi connectivity index (χ2n) is 3.31. The molecule has 0 spiro atoms. The van der Waals surface area contributed by atoms with Gasteiger partial charge < -0.3 is 9.88 Å². The van der Waals surface area contributed by atoms with Gasteiger partial charge in [-0.15, -0.1) is 37.2 Å². The molecule has 0 saturated heterocycles. The molecule has 0 aliphatic rings. The van der Waals surface area contributed by atoms with Crippen molar-refractivity contribution in [3.63, 3.8) is 0 Å². The summed E-state index contributed by atoms with van der Waals surface area (Å²) in [5.74, 6) is 0.843. The van der Waals surface area contributed by atoms with E-state index < -0.39 is 0 Å². The third kappa shape index (κ3) is 4.94. The van der Waals surface area contributed by atoms with Gasteiger partial charge in [0.05, 0.1) is 0 Å². The van der Waals surface area contributed by atoms with E-state index in [0.717, 1.165) is 16.5 Å². The predicted molar refractivity (Wildman–Crippen MR) is 83.7 cm³/mol. The Kier molecular flexibility index (Phi) is 10.2. The first-order valence-corrected chi connectivity index (χ1v) is 5.10. The van der Waals surface area contributed by atoms with Gasteiger partial charge in [0, 0.05) is 31.0 Å². The number of aryl methyl sites for hydroxylation is 1. The molecule has 0 bridgehead atoms. The number of anilines is 1. The molecule has 1 heterocycles. The lowest BCUT2D eigenvalue weighted by Gasteiger charge is -2.07. The summed E-state index contributed by atoms with van der Waals surface area (Å²) < 4.78 is 1.93. The maximum atomic E-state index is 6.04. The first-order chi connectivity index (χ1) is 7.27. The molecule has 0 saturated carbocycles. The molecule has 0 atom stereocenters. The number of benzene rings is 1. The van der Waals surface area contributed by atoms with Gasteiger partial charge in [0.25, 0.3) is 0 Å². The topological polar surface area (TPSA) is 29.9 Å². The fraction of sp³-hybridized carbons (Fsp3) is 0.182. The molecule has 3 nitrogen and oxygen atoms in total. The maximum absolute atomic E-state index is 6.04. The van der Waals surface area contributed by atoms with Crippen LogP contribution in [0.4, 0.5) is 5.95 Å². The van der Waals surface area contributed by atoms with Gasteiger partial charge in [-0.1, -0.05) is 29.8 Å². The van der Waals surface area contributed by atoms with Crippen molar-refractivity contribution in [2.45, 2.75) is 6.54 Å². The molecular formula is C11H15Cl4N3. The second kappa shape index (κ2) is 9.34. The normalized spacial score (nSPS) is 8.56. The molecule has 0 fully saturated rings. The Hall–Kier alpha value is -0.610. The summed E-state index contributed by atoms with van der Waals surface area (Å²) in [5.41, 5.74) is 1.07. The van der Waals surface area contributed by atoms with Crippen LogP contribution in [-0.4, -0.2) is 9.55 Å². The number of hydrogen-bond acceptors (Lipinski definition) is 2. The number of halogens is 4. The van der Waals surface area contributed by atoms with Gasteiger partial charge in [-0.2, -0.15) is 0 Å². The molecule has 0 radical (unpaired) electrons. The van der Waals surface area contributed by atoms with E-state index in [1.54, 1.807) is 6.20 Å². The Morgan fingerprint density at radius 1 is 1.22 bits per heavy atom. The number of hydrogen-bond donors (Lipinski definition) is 1. The first-order valence-electron chi connectivity index (χ1n) is 4.72. The predicted octanol–water partition coefficient (Wildman–Crippen LogP) is 3.95. The molecule has 18 heavy (non-hydrogen) atoms. The minimum Gasteiger partial charge on any atom is -0.352 e. The average Bonchev–Trinajstić information content (AvgIpc) is 2.63. The van der Waals surface area contributed by atoms with E-state index in [-0.39, 0.29) is 37.2 Å². The van der Waals surface area contributed by atoms with E-state index in [1.807, 2.05) is 42.1 Å². The van der Waals surface area contributed by atoms with Crippen molar-refractivity contribution in [3.05, 3.63) is 47.2 Å². The zero-order valence-electron chi connectivity index (χ0n) is 9.67. The summed E-state index contributed by atoms with van der Waals surface area (Å²) in [6.45, 7) is 0.685. The zero-order chi connectivity index (χ0) is 10.7. The standard InChI is InChI=1S/C11H12ClN3.3ClH/c1-15-7-6-13-11(15)14-8-9-4-2-3-5-10(9)12;;;/h2-7H,8H2,1H3,(H,13,14);3*1H. The van der Waals surface area contributed by atoms with Crippen LogP contribution in [0.1, 0.15) is 5.56 Å². The van der Waals surface area contributed by atoms with Crippen LogP contribution >= 0.6 is 48.8 Å². The highest BCUT2D eigenvalue weighted by Gasteiger charge is 2.00. The third-order valence-electron chi connectivity index (χ3n) is 2.22. The van der Waals surface area contributed by atoms with Crippen LogP contribution in [-0.2, 0) is 13.6 Å². The number of nitrogens with zero attached hydrogens (tertiary/aromatic N) is 2. The Labute approximate surface area is 130 Å². The SMILES string of the molecule is Cl.Cl.Cl.Cn1ccnc1NCc1ccccc1Cl. The van der Waals surface area contributed by atoms with Crippen LogP contribution in [0.25, 0.3) is 0 Å². The number of aromatic nitrogens is 2. The summed E-state index contributed by atoms with van der Waals surface area (Å²) >= 11 is 6.04. The van der Waals surface area contributed by atoms with Crippen LogP contribution in [0.2, 0.25) is 5.02 Å². The van der Waals surface area contributed by atoms with Crippen LogP contribution in [0, 0.1) is 0 Å². The van der Waals surface area contributed by atoms with Crippen molar-refractivity contribution in [2.75, 3.05) is 5.32 Å². The monoisotopic (exact) mass is 329 g/mol. The molecule has 102 valence electrons. The van der Waals surface area contributed by atoms with Crippen molar-refractivity contribution < 1.29 is 0 Å². The van der Waals surface area contributed by atoms with Crippen molar-refractivity contribution in [2.24, 2.45) is 7.05 Å². The Morgan fingerprint density at radius 2 is 1.89 bits per heavy atom. The van der Waals surface area contributed by atoms with Crippen molar-refractivity contribution >= 4 is 54.8 Å². The molecule has 0 amide bonds. The highest BCUT2D eigenvalue weighted by Crippen LogP contribution is 2.15. The molecule has 1 N–H and O–H groups in total. The minimum absolute atomic E-state index is 0. The highest BCUT2D eigenvalue weighted by molar-refractivity contribution is 6.31. The van der Waals surface area contributed by atoms with Gasteiger partial charge in [0.15, 0.2) is 0 Å². The number of nitrogens with one attached hydrogen (secondary N) is 1. The summed E-state index contributed by atoms with van der Waals surface area (Å²) in [6, 6.07) is 7.78. The maximum Gasteiger partial charge on any atom is 0.202 e. The largest absolute Gasteiger partial charge is 0.352 e. The van der Waals surface area contributed by atoms with Crippen LogP contribution in [0.5, 0.6) is 0 Å². The summed E-state index contributed by atoms with van der Waals surface area (Å²) in [7, 11) is 1.95. The summed E-state index contributed by atoms with van der Waals surface area (Å²) in [6.07, 6.45) is 3.66. The van der Waals surface area contributed by atoms with Crippen LogP contribution < -0.4 is 5.32 Å². The van der Waals surface area contributed by atoms with Gasteiger partial charge in [-0.3, -0.25) is 0 Å². The lowest BCUT2D eigenvalue weighted by Crippen LogP contribution is -2.04. The third-order valence-corrected chi connectivity index (χ3v) is 2.58. The van der Waals surface area contributed by atoms with Gasteiger partial charge in [-0.05, 0) is 11.6 Å². The number of rotatable bonds is 3. The molecule has 7 heteroatoms. The Morgan fingerprint density at radius 3 is 2.44 bits per heavy atom. The van der Waals surface area contributed by atoms with Crippen LogP contribution in [0.3, 0.4) is 0 Å². The van der Waals surface area contributed by atoms with Crippen LogP contribution in [0.15, 0.2) is 36.7 Å². The smallest absolute Gasteiger partial charge is 0.202 e. The Bertz CT molecular complexity index is 459. The molecule has 1 aromatic carbocycles. The zero-order valence-corrected chi connectivity index (χ0v) is 12.9. The minimum atomic E-state index is 0. The van der Waals surface area contributed by atoms with Gasteiger partial charge >= 0.3 is 0 Å². The van der Waals surface area contributed by atoms with Crippen molar-refractivity contribution in [1.29, 1.82) is 0 Å². The first kappa shape index (κ1) is 19.7. The van der Waals surface area contributed by atoms with E-state index in [9.17, 15) is 0 Å². The molecule has 0 aliphatic carbocycles. The second-order valence-corrected chi connectivity index (χ2v) is 3.71. The van der Waals surface area contributed by atoms with E-state index in [0.29, 0.717) is 6.54 Å². The molecule has 0 aliphatic heterocycles. The van der Waals surface area contributed by atoms with Gasteiger partial charge in [0.1, 0.15) is 0 Å². The molecule has 1 aromatic heterocycles.